The lowest BCUT2D eigenvalue weighted by atomic mass is 9.69. The Balaban J connectivity index is 1.93. The number of fused-ring (bicyclic) bond motifs is 1. The number of aliphatic carboxylic acids is 1. The third kappa shape index (κ3) is 2.68. The number of aryl methyl sites for hydroxylation is 2. The molecule has 3 rings (SSSR count). The zero-order chi connectivity index (χ0) is 14.9. The Morgan fingerprint density at radius 2 is 1.95 bits per heavy atom. The molecule has 2 aromatic rings. The van der Waals surface area contributed by atoms with E-state index >= 15 is 0 Å². The third-order valence-corrected chi connectivity index (χ3v) is 4.44. The molecule has 0 fully saturated rings. The normalized spacial score (nSPS) is 20.8. The van der Waals surface area contributed by atoms with Crippen LogP contribution in [0.2, 0.25) is 0 Å². The molecule has 3 heteroatoms. The second-order valence-corrected chi connectivity index (χ2v) is 5.98. The van der Waals surface area contributed by atoms with Crippen LogP contribution in [0.15, 0.2) is 42.5 Å². The van der Waals surface area contributed by atoms with Crippen LogP contribution in [0.1, 0.15) is 28.9 Å². The Morgan fingerprint density at radius 1 is 1.19 bits per heavy atom. The van der Waals surface area contributed by atoms with Gasteiger partial charge in [-0.3, -0.25) is 9.78 Å². The number of carboxylic acids is 1. The molecule has 1 aromatic heterocycles. The average Bonchev–Trinajstić information content (AvgIpc) is 2.47. The van der Waals surface area contributed by atoms with Crippen molar-refractivity contribution < 1.29 is 9.90 Å². The average molecular weight is 281 g/mol. The summed E-state index contributed by atoms with van der Waals surface area (Å²) in [7, 11) is 0. The van der Waals surface area contributed by atoms with Gasteiger partial charge in [0.25, 0.3) is 0 Å². The molecule has 1 N–H and O–H groups in total. The van der Waals surface area contributed by atoms with E-state index in [4.69, 9.17) is 0 Å². The summed E-state index contributed by atoms with van der Waals surface area (Å²) in [5.41, 5.74) is 3.53. The number of benzene rings is 1. The number of hydrogen-bond donors (Lipinski definition) is 1. The third-order valence-electron chi connectivity index (χ3n) is 4.44. The summed E-state index contributed by atoms with van der Waals surface area (Å²) in [5.74, 6) is -0.708. The maximum Gasteiger partial charge on any atom is 0.310 e. The fraction of sp³-hybridized carbons (Fsp3) is 0.333. The highest BCUT2D eigenvalue weighted by atomic mass is 16.4. The Hall–Kier alpha value is -2.16. The quantitative estimate of drug-likeness (QED) is 0.940. The van der Waals surface area contributed by atoms with Gasteiger partial charge in [-0.05, 0) is 49.4 Å². The predicted molar refractivity (Wildman–Crippen MR) is 81.2 cm³/mol. The van der Waals surface area contributed by atoms with E-state index < -0.39 is 11.4 Å². The lowest BCUT2D eigenvalue weighted by Gasteiger charge is -2.34. The van der Waals surface area contributed by atoms with Gasteiger partial charge in [-0.1, -0.05) is 30.3 Å². The first kappa shape index (κ1) is 13.8. The zero-order valence-electron chi connectivity index (χ0n) is 12.2. The van der Waals surface area contributed by atoms with Crippen molar-refractivity contribution in [3.63, 3.8) is 0 Å². The number of rotatable bonds is 3. The van der Waals surface area contributed by atoms with E-state index in [1.807, 2.05) is 37.3 Å². The van der Waals surface area contributed by atoms with Gasteiger partial charge in [-0.25, -0.2) is 0 Å². The summed E-state index contributed by atoms with van der Waals surface area (Å²) in [6, 6.07) is 14.0. The van der Waals surface area contributed by atoms with E-state index in [-0.39, 0.29) is 0 Å². The zero-order valence-corrected chi connectivity index (χ0v) is 12.2. The van der Waals surface area contributed by atoms with Crippen molar-refractivity contribution in [1.29, 1.82) is 0 Å². The van der Waals surface area contributed by atoms with Crippen LogP contribution in [-0.2, 0) is 24.1 Å². The van der Waals surface area contributed by atoms with Crippen molar-refractivity contribution in [3.8, 4) is 0 Å². The summed E-state index contributed by atoms with van der Waals surface area (Å²) >= 11 is 0. The van der Waals surface area contributed by atoms with Gasteiger partial charge in [-0.15, -0.1) is 0 Å². The molecule has 0 spiro atoms. The Labute approximate surface area is 124 Å². The van der Waals surface area contributed by atoms with Crippen LogP contribution in [0.4, 0.5) is 0 Å². The van der Waals surface area contributed by atoms with Gasteiger partial charge in [0, 0.05) is 17.8 Å². The standard InChI is InChI=1S/C18H19NO2/c1-13-5-4-8-16(19-13)12-18(17(20)21)10-9-14-6-2-3-7-15(14)11-18/h2-8H,9-12H2,1H3,(H,20,21). The summed E-state index contributed by atoms with van der Waals surface area (Å²) in [5, 5.41) is 9.82. The van der Waals surface area contributed by atoms with Crippen molar-refractivity contribution in [2.24, 2.45) is 5.41 Å². The van der Waals surface area contributed by atoms with E-state index in [1.54, 1.807) is 0 Å². The fourth-order valence-electron chi connectivity index (χ4n) is 3.25. The van der Waals surface area contributed by atoms with Gasteiger partial charge in [0.15, 0.2) is 0 Å². The number of hydrogen-bond acceptors (Lipinski definition) is 2. The fourth-order valence-corrected chi connectivity index (χ4v) is 3.25. The highest BCUT2D eigenvalue weighted by Crippen LogP contribution is 2.38. The maximum atomic E-state index is 11.9. The van der Waals surface area contributed by atoms with Crippen molar-refractivity contribution in [2.75, 3.05) is 0 Å². The van der Waals surface area contributed by atoms with E-state index in [9.17, 15) is 9.90 Å². The first-order chi connectivity index (χ1) is 10.1. The van der Waals surface area contributed by atoms with Gasteiger partial charge in [-0.2, -0.15) is 0 Å². The van der Waals surface area contributed by atoms with Gasteiger partial charge in [0.2, 0.25) is 0 Å². The SMILES string of the molecule is Cc1cccc(CC2(C(=O)O)CCc3ccccc3C2)n1. The van der Waals surface area contributed by atoms with E-state index in [2.05, 4.69) is 17.1 Å². The van der Waals surface area contributed by atoms with Crippen molar-refractivity contribution in [3.05, 3.63) is 65.0 Å². The molecule has 108 valence electrons. The van der Waals surface area contributed by atoms with E-state index in [0.717, 1.165) is 17.8 Å². The van der Waals surface area contributed by atoms with Crippen LogP contribution in [0.5, 0.6) is 0 Å². The van der Waals surface area contributed by atoms with Crippen molar-refractivity contribution in [2.45, 2.75) is 32.6 Å². The summed E-state index contributed by atoms with van der Waals surface area (Å²) in [6.07, 6.45) is 2.59. The largest absolute Gasteiger partial charge is 0.481 e. The molecule has 1 aliphatic rings. The molecule has 0 amide bonds. The first-order valence-electron chi connectivity index (χ1n) is 7.32. The molecule has 21 heavy (non-hydrogen) atoms. The first-order valence-corrected chi connectivity index (χ1v) is 7.32. The highest BCUT2D eigenvalue weighted by Gasteiger charge is 2.41. The molecule has 0 aliphatic heterocycles. The Bertz CT molecular complexity index is 680. The number of nitrogens with zero attached hydrogens (tertiary/aromatic N) is 1. The lowest BCUT2D eigenvalue weighted by Crippen LogP contribution is -2.39. The number of carbonyl (C=O) groups is 1. The summed E-state index contributed by atoms with van der Waals surface area (Å²) < 4.78 is 0. The highest BCUT2D eigenvalue weighted by molar-refractivity contribution is 5.76. The second kappa shape index (κ2) is 5.32. The predicted octanol–water partition coefficient (Wildman–Crippen LogP) is 3.19. The smallest absolute Gasteiger partial charge is 0.310 e. The van der Waals surface area contributed by atoms with E-state index in [1.165, 1.54) is 11.1 Å². The molecule has 0 saturated carbocycles. The molecular formula is C18H19NO2. The van der Waals surface area contributed by atoms with Crippen LogP contribution in [0, 0.1) is 12.3 Å². The minimum atomic E-state index is -0.727. The number of carboxylic acid groups (broad SMARTS) is 1. The topological polar surface area (TPSA) is 50.2 Å². The van der Waals surface area contributed by atoms with Crippen LogP contribution in [0.25, 0.3) is 0 Å². The molecule has 0 saturated heterocycles. The maximum absolute atomic E-state index is 11.9. The minimum Gasteiger partial charge on any atom is -0.481 e. The van der Waals surface area contributed by atoms with Crippen LogP contribution >= 0.6 is 0 Å². The van der Waals surface area contributed by atoms with Gasteiger partial charge < -0.3 is 5.11 Å². The molecular weight excluding hydrogens is 262 g/mol. The molecule has 1 aromatic carbocycles. The van der Waals surface area contributed by atoms with Gasteiger partial charge in [0.05, 0.1) is 5.41 Å². The molecule has 3 nitrogen and oxygen atoms in total. The summed E-state index contributed by atoms with van der Waals surface area (Å²) in [6.45, 7) is 1.94. The van der Waals surface area contributed by atoms with Crippen LogP contribution < -0.4 is 0 Å². The van der Waals surface area contributed by atoms with Gasteiger partial charge in [0.1, 0.15) is 0 Å². The molecule has 0 bridgehead atoms. The molecule has 1 heterocycles. The summed E-state index contributed by atoms with van der Waals surface area (Å²) in [4.78, 5) is 16.4. The van der Waals surface area contributed by atoms with Crippen LogP contribution in [-0.4, -0.2) is 16.1 Å². The number of aromatic nitrogens is 1. The van der Waals surface area contributed by atoms with Crippen molar-refractivity contribution in [1.82, 2.24) is 4.98 Å². The molecule has 0 radical (unpaired) electrons. The van der Waals surface area contributed by atoms with Crippen molar-refractivity contribution >= 4 is 5.97 Å². The Morgan fingerprint density at radius 3 is 2.67 bits per heavy atom. The number of pyridine rings is 1. The Kier molecular flexibility index (Phi) is 3.50. The van der Waals surface area contributed by atoms with Crippen LogP contribution in [0.3, 0.4) is 0 Å². The molecule has 1 atom stereocenters. The lowest BCUT2D eigenvalue weighted by molar-refractivity contribution is -0.149. The monoisotopic (exact) mass is 281 g/mol. The molecule has 1 unspecified atom stereocenters. The van der Waals surface area contributed by atoms with E-state index in [0.29, 0.717) is 19.3 Å². The van der Waals surface area contributed by atoms with Gasteiger partial charge >= 0.3 is 5.97 Å². The molecule has 1 aliphatic carbocycles. The minimum absolute atomic E-state index is 0.498. The second-order valence-electron chi connectivity index (χ2n) is 5.98.